The Morgan fingerprint density at radius 2 is 2.25 bits per heavy atom. The van der Waals surface area contributed by atoms with Gasteiger partial charge in [-0.05, 0) is 45.4 Å². The predicted octanol–water partition coefficient (Wildman–Crippen LogP) is 3.22. The lowest BCUT2D eigenvalue weighted by molar-refractivity contribution is 0.0183. The minimum Gasteiger partial charge on any atom is -0.392 e. The third kappa shape index (κ3) is 6.09. The lowest BCUT2D eigenvalue weighted by atomic mass is 10.0. The smallest absolute Gasteiger partial charge is 0.0612 e. The summed E-state index contributed by atoms with van der Waals surface area (Å²) in [6.45, 7) is 3.27. The summed E-state index contributed by atoms with van der Waals surface area (Å²) in [5.74, 6) is 0. The first-order valence-electron chi connectivity index (χ1n) is 6.36. The van der Waals surface area contributed by atoms with Crippen molar-refractivity contribution in [2.45, 2.75) is 51.6 Å². The van der Waals surface area contributed by atoms with Gasteiger partial charge in [-0.3, -0.25) is 0 Å². The van der Waals surface area contributed by atoms with Gasteiger partial charge in [-0.2, -0.15) is 0 Å². The normalized spacial score (nSPS) is 22.9. The van der Waals surface area contributed by atoms with Gasteiger partial charge in [0.05, 0.1) is 12.7 Å². The van der Waals surface area contributed by atoms with E-state index in [4.69, 9.17) is 9.84 Å². The van der Waals surface area contributed by atoms with Crippen LogP contribution in [-0.2, 0) is 4.74 Å². The summed E-state index contributed by atoms with van der Waals surface area (Å²) in [5, 5.41) is 8.59. The first-order valence-corrected chi connectivity index (χ1v) is 6.36. The summed E-state index contributed by atoms with van der Waals surface area (Å²) in [7, 11) is 0. The van der Waals surface area contributed by atoms with Crippen molar-refractivity contribution in [3.8, 4) is 0 Å². The van der Waals surface area contributed by atoms with Crippen LogP contribution in [0.2, 0.25) is 0 Å². The lowest BCUT2D eigenvalue weighted by Crippen LogP contribution is -2.17. The van der Waals surface area contributed by atoms with Crippen molar-refractivity contribution in [2.75, 3.05) is 13.2 Å². The van der Waals surface area contributed by atoms with Crippen LogP contribution in [0.15, 0.2) is 23.8 Å². The summed E-state index contributed by atoms with van der Waals surface area (Å²) in [6, 6.07) is 0. The summed E-state index contributed by atoms with van der Waals surface area (Å²) in [4.78, 5) is 0. The van der Waals surface area contributed by atoms with Crippen LogP contribution in [0.4, 0.5) is 0 Å². The molecule has 1 aliphatic rings. The first kappa shape index (κ1) is 13.5. The zero-order valence-electron chi connectivity index (χ0n) is 10.3. The molecule has 1 heterocycles. The maximum Gasteiger partial charge on any atom is 0.0612 e. The Kier molecular flexibility index (Phi) is 7.19. The van der Waals surface area contributed by atoms with Gasteiger partial charge >= 0.3 is 0 Å². The standard InChI is InChI=1S/C14H24O2/c1-13(7-3-2-5-11-15)9-10-14-8-4-6-12-16-14/h2,5,9,14-15H,3-4,6-8,10-12H2,1H3/b5-2+,13-9+. The Morgan fingerprint density at radius 1 is 1.38 bits per heavy atom. The largest absolute Gasteiger partial charge is 0.392 e. The molecule has 1 fully saturated rings. The van der Waals surface area contributed by atoms with Crippen LogP contribution in [0.3, 0.4) is 0 Å². The fourth-order valence-corrected chi connectivity index (χ4v) is 1.93. The van der Waals surface area contributed by atoms with E-state index < -0.39 is 0 Å². The molecule has 0 amide bonds. The summed E-state index contributed by atoms with van der Waals surface area (Å²) in [6.07, 6.45) is 13.5. The molecule has 1 aliphatic heterocycles. The molecule has 0 spiro atoms. The van der Waals surface area contributed by atoms with Crippen molar-refractivity contribution in [1.82, 2.24) is 0 Å². The maximum absolute atomic E-state index is 8.59. The molecule has 0 saturated carbocycles. The second kappa shape index (κ2) is 8.54. The molecule has 2 heteroatoms. The molecular weight excluding hydrogens is 200 g/mol. The molecule has 0 aromatic rings. The van der Waals surface area contributed by atoms with E-state index in [1.165, 1.54) is 24.8 Å². The fraction of sp³-hybridized carbons (Fsp3) is 0.714. The number of hydrogen-bond donors (Lipinski definition) is 1. The van der Waals surface area contributed by atoms with E-state index in [0.717, 1.165) is 25.9 Å². The van der Waals surface area contributed by atoms with E-state index in [1.807, 2.05) is 6.08 Å². The molecule has 0 radical (unpaired) electrons. The molecule has 0 aliphatic carbocycles. The third-order valence-electron chi connectivity index (χ3n) is 2.98. The summed E-state index contributed by atoms with van der Waals surface area (Å²) in [5.41, 5.74) is 1.43. The monoisotopic (exact) mass is 224 g/mol. The number of ether oxygens (including phenoxy) is 1. The van der Waals surface area contributed by atoms with E-state index in [1.54, 1.807) is 6.08 Å². The van der Waals surface area contributed by atoms with E-state index >= 15 is 0 Å². The van der Waals surface area contributed by atoms with Gasteiger partial charge in [-0.1, -0.05) is 23.8 Å². The van der Waals surface area contributed by atoms with Crippen LogP contribution in [-0.4, -0.2) is 24.4 Å². The summed E-state index contributed by atoms with van der Waals surface area (Å²) >= 11 is 0. The minimum absolute atomic E-state index is 0.151. The van der Waals surface area contributed by atoms with Gasteiger partial charge in [0.25, 0.3) is 0 Å². The quantitative estimate of drug-likeness (QED) is 0.702. The molecular formula is C14H24O2. The number of allylic oxidation sites excluding steroid dienone is 2. The topological polar surface area (TPSA) is 29.5 Å². The van der Waals surface area contributed by atoms with Crippen LogP contribution >= 0.6 is 0 Å². The highest BCUT2D eigenvalue weighted by Gasteiger charge is 2.11. The molecule has 1 unspecified atom stereocenters. The highest BCUT2D eigenvalue weighted by atomic mass is 16.5. The van der Waals surface area contributed by atoms with E-state index in [-0.39, 0.29) is 6.61 Å². The van der Waals surface area contributed by atoms with Gasteiger partial charge in [0, 0.05) is 6.61 Å². The molecule has 1 saturated heterocycles. The second-order valence-electron chi connectivity index (χ2n) is 4.47. The van der Waals surface area contributed by atoms with Gasteiger partial charge in [0.1, 0.15) is 0 Å². The number of aliphatic hydroxyl groups is 1. The molecule has 2 nitrogen and oxygen atoms in total. The van der Waals surface area contributed by atoms with E-state index in [0.29, 0.717) is 6.10 Å². The van der Waals surface area contributed by atoms with Gasteiger partial charge in [0.2, 0.25) is 0 Å². The van der Waals surface area contributed by atoms with E-state index in [2.05, 4.69) is 13.0 Å². The van der Waals surface area contributed by atoms with Crippen LogP contribution < -0.4 is 0 Å². The lowest BCUT2D eigenvalue weighted by Gasteiger charge is -2.21. The summed E-state index contributed by atoms with van der Waals surface area (Å²) < 4.78 is 5.68. The first-order chi connectivity index (χ1) is 7.83. The zero-order chi connectivity index (χ0) is 11.6. The molecule has 16 heavy (non-hydrogen) atoms. The van der Waals surface area contributed by atoms with Crippen molar-refractivity contribution >= 4 is 0 Å². The van der Waals surface area contributed by atoms with E-state index in [9.17, 15) is 0 Å². The van der Waals surface area contributed by atoms with Crippen molar-refractivity contribution in [3.05, 3.63) is 23.8 Å². The van der Waals surface area contributed by atoms with Gasteiger partial charge in [-0.25, -0.2) is 0 Å². The SMILES string of the molecule is C/C(=C\CC1CCCCO1)CC/C=C/CO. The van der Waals surface area contributed by atoms with Crippen molar-refractivity contribution < 1.29 is 9.84 Å². The van der Waals surface area contributed by atoms with Crippen LogP contribution in [0, 0.1) is 0 Å². The Hall–Kier alpha value is -0.600. The van der Waals surface area contributed by atoms with Gasteiger partial charge in [-0.15, -0.1) is 0 Å². The fourth-order valence-electron chi connectivity index (χ4n) is 1.93. The number of rotatable bonds is 6. The highest BCUT2D eigenvalue weighted by Crippen LogP contribution is 2.17. The van der Waals surface area contributed by atoms with Crippen LogP contribution in [0.1, 0.15) is 45.4 Å². The number of aliphatic hydroxyl groups excluding tert-OH is 1. The second-order valence-corrected chi connectivity index (χ2v) is 4.47. The Balaban J connectivity index is 2.14. The minimum atomic E-state index is 0.151. The van der Waals surface area contributed by atoms with Gasteiger partial charge in [0.15, 0.2) is 0 Å². The molecule has 0 bridgehead atoms. The molecule has 92 valence electrons. The Morgan fingerprint density at radius 3 is 2.94 bits per heavy atom. The average Bonchev–Trinajstić information content (AvgIpc) is 2.33. The number of hydrogen-bond acceptors (Lipinski definition) is 2. The molecule has 1 N–H and O–H groups in total. The molecule has 1 rings (SSSR count). The predicted molar refractivity (Wildman–Crippen MR) is 67.4 cm³/mol. The maximum atomic E-state index is 8.59. The molecule has 1 atom stereocenters. The van der Waals surface area contributed by atoms with Crippen LogP contribution in [0.5, 0.6) is 0 Å². The van der Waals surface area contributed by atoms with Crippen molar-refractivity contribution in [3.63, 3.8) is 0 Å². The zero-order valence-corrected chi connectivity index (χ0v) is 10.3. The molecule has 0 aromatic carbocycles. The van der Waals surface area contributed by atoms with Crippen molar-refractivity contribution in [1.29, 1.82) is 0 Å². The Labute approximate surface area is 99.0 Å². The highest BCUT2D eigenvalue weighted by molar-refractivity contribution is 5.01. The Bertz CT molecular complexity index is 225. The van der Waals surface area contributed by atoms with Crippen molar-refractivity contribution in [2.24, 2.45) is 0 Å². The van der Waals surface area contributed by atoms with Crippen LogP contribution in [0.25, 0.3) is 0 Å². The average molecular weight is 224 g/mol. The van der Waals surface area contributed by atoms with Gasteiger partial charge < -0.3 is 9.84 Å². The third-order valence-corrected chi connectivity index (χ3v) is 2.98. The molecule has 0 aromatic heterocycles.